The third kappa shape index (κ3) is 3.05. The van der Waals surface area contributed by atoms with Crippen molar-refractivity contribution in [2.45, 2.75) is 18.2 Å². The molecule has 2 nitrogen and oxygen atoms in total. The first kappa shape index (κ1) is 12.7. The second kappa shape index (κ2) is 5.66. The van der Waals surface area contributed by atoms with E-state index in [4.69, 9.17) is 4.74 Å². The molecule has 0 saturated carbocycles. The van der Waals surface area contributed by atoms with Gasteiger partial charge in [-0.3, -0.25) is 4.79 Å². The number of ketones is 1. The summed E-state index contributed by atoms with van der Waals surface area (Å²) in [5.74, 6) is 0.664. The SMILES string of the molecule is CCC(Br)C(=O)c1cc(Br)ccc1OC. The number of alkyl halides is 1. The lowest BCUT2D eigenvalue weighted by Gasteiger charge is -2.10. The molecule has 0 radical (unpaired) electrons. The maximum absolute atomic E-state index is 12.0. The van der Waals surface area contributed by atoms with E-state index in [0.717, 1.165) is 10.9 Å². The van der Waals surface area contributed by atoms with Crippen molar-refractivity contribution in [3.63, 3.8) is 0 Å². The lowest BCUT2D eigenvalue weighted by Crippen LogP contribution is -2.14. The van der Waals surface area contributed by atoms with Crippen molar-refractivity contribution in [2.75, 3.05) is 7.11 Å². The van der Waals surface area contributed by atoms with E-state index < -0.39 is 0 Å². The predicted octanol–water partition coefficient (Wildman–Crippen LogP) is 3.81. The lowest BCUT2D eigenvalue weighted by atomic mass is 10.1. The highest BCUT2D eigenvalue weighted by atomic mass is 79.9. The van der Waals surface area contributed by atoms with Gasteiger partial charge < -0.3 is 4.74 Å². The topological polar surface area (TPSA) is 26.3 Å². The predicted molar refractivity (Wildman–Crippen MR) is 68.0 cm³/mol. The Morgan fingerprint density at radius 3 is 2.73 bits per heavy atom. The first-order chi connectivity index (χ1) is 7.10. The molecule has 0 bridgehead atoms. The van der Waals surface area contributed by atoms with Crippen LogP contribution in [-0.4, -0.2) is 17.7 Å². The average Bonchev–Trinajstić information content (AvgIpc) is 2.27. The zero-order chi connectivity index (χ0) is 11.4. The van der Waals surface area contributed by atoms with E-state index in [1.807, 2.05) is 13.0 Å². The third-order valence-corrected chi connectivity index (χ3v) is 3.63. The summed E-state index contributed by atoms with van der Waals surface area (Å²) in [6.07, 6.45) is 0.758. The van der Waals surface area contributed by atoms with Crippen molar-refractivity contribution in [3.05, 3.63) is 28.2 Å². The molecule has 15 heavy (non-hydrogen) atoms. The summed E-state index contributed by atoms with van der Waals surface area (Å²) in [6.45, 7) is 1.96. The lowest BCUT2D eigenvalue weighted by molar-refractivity contribution is 0.0987. The number of halogens is 2. The molecule has 82 valence electrons. The molecule has 0 aliphatic rings. The summed E-state index contributed by atoms with van der Waals surface area (Å²) in [6, 6.07) is 5.42. The number of benzene rings is 1. The van der Waals surface area contributed by atoms with Crippen molar-refractivity contribution in [1.29, 1.82) is 0 Å². The zero-order valence-electron chi connectivity index (χ0n) is 8.59. The van der Waals surface area contributed by atoms with Crippen LogP contribution in [0.1, 0.15) is 23.7 Å². The Labute approximate surface area is 106 Å². The highest BCUT2D eigenvalue weighted by Crippen LogP contribution is 2.26. The van der Waals surface area contributed by atoms with Crippen LogP contribution in [0.3, 0.4) is 0 Å². The van der Waals surface area contributed by atoms with Crippen LogP contribution in [0.2, 0.25) is 0 Å². The Morgan fingerprint density at radius 2 is 2.20 bits per heavy atom. The van der Waals surface area contributed by atoms with Crippen LogP contribution in [0.15, 0.2) is 22.7 Å². The zero-order valence-corrected chi connectivity index (χ0v) is 11.8. The van der Waals surface area contributed by atoms with E-state index >= 15 is 0 Å². The highest BCUT2D eigenvalue weighted by Gasteiger charge is 2.19. The summed E-state index contributed by atoms with van der Waals surface area (Å²) in [5.41, 5.74) is 0.607. The summed E-state index contributed by atoms with van der Waals surface area (Å²) in [4.78, 5) is 11.8. The molecule has 0 N–H and O–H groups in total. The minimum Gasteiger partial charge on any atom is -0.496 e. The van der Waals surface area contributed by atoms with Gasteiger partial charge in [0.2, 0.25) is 0 Å². The summed E-state index contributed by atoms with van der Waals surface area (Å²) in [7, 11) is 1.56. The van der Waals surface area contributed by atoms with Crippen LogP contribution in [0.4, 0.5) is 0 Å². The molecule has 4 heteroatoms. The molecule has 0 heterocycles. The number of carbonyl (C=O) groups is 1. The first-order valence-electron chi connectivity index (χ1n) is 4.62. The average molecular weight is 336 g/mol. The maximum atomic E-state index is 12.0. The molecule has 1 aromatic rings. The van der Waals surface area contributed by atoms with Crippen LogP contribution >= 0.6 is 31.9 Å². The maximum Gasteiger partial charge on any atom is 0.180 e. The van der Waals surface area contributed by atoms with E-state index in [0.29, 0.717) is 11.3 Å². The monoisotopic (exact) mass is 334 g/mol. The van der Waals surface area contributed by atoms with Crippen molar-refractivity contribution in [3.8, 4) is 5.75 Å². The van der Waals surface area contributed by atoms with Crippen molar-refractivity contribution < 1.29 is 9.53 Å². The van der Waals surface area contributed by atoms with Gasteiger partial charge in [0.15, 0.2) is 5.78 Å². The van der Waals surface area contributed by atoms with E-state index in [-0.39, 0.29) is 10.6 Å². The number of ether oxygens (including phenoxy) is 1. The molecule has 0 fully saturated rings. The van der Waals surface area contributed by atoms with E-state index in [9.17, 15) is 4.79 Å². The fourth-order valence-corrected chi connectivity index (χ4v) is 1.83. The van der Waals surface area contributed by atoms with Gasteiger partial charge in [-0.15, -0.1) is 0 Å². The Kier molecular flexibility index (Phi) is 4.80. The number of hydrogen-bond donors (Lipinski definition) is 0. The van der Waals surface area contributed by atoms with Gasteiger partial charge in [-0.2, -0.15) is 0 Å². The molecule has 1 atom stereocenters. The Hall–Kier alpha value is -0.350. The van der Waals surface area contributed by atoms with Crippen LogP contribution in [0, 0.1) is 0 Å². The van der Waals surface area contributed by atoms with Crippen LogP contribution in [-0.2, 0) is 0 Å². The van der Waals surface area contributed by atoms with Crippen molar-refractivity contribution >= 4 is 37.6 Å². The van der Waals surface area contributed by atoms with E-state index in [2.05, 4.69) is 31.9 Å². The van der Waals surface area contributed by atoms with Crippen molar-refractivity contribution in [1.82, 2.24) is 0 Å². The number of rotatable bonds is 4. The number of methoxy groups -OCH3 is 1. The van der Waals surface area contributed by atoms with Gasteiger partial charge in [-0.1, -0.05) is 38.8 Å². The van der Waals surface area contributed by atoms with Gasteiger partial charge in [-0.25, -0.2) is 0 Å². The van der Waals surface area contributed by atoms with E-state index in [1.54, 1.807) is 19.2 Å². The Bertz CT molecular complexity index is 364. The molecule has 1 unspecified atom stereocenters. The normalized spacial score (nSPS) is 12.3. The third-order valence-electron chi connectivity index (χ3n) is 2.07. The Morgan fingerprint density at radius 1 is 1.53 bits per heavy atom. The summed E-state index contributed by atoms with van der Waals surface area (Å²) in [5, 5.41) is 0. The highest BCUT2D eigenvalue weighted by molar-refractivity contribution is 9.10. The van der Waals surface area contributed by atoms with Gasteiger partial charge in [0.05, 0.1) is 17.5 Å². The first-order valence-corrected chi connectivity index (χ1v) is 6.32. The number of hydrogen-bond acceptors (Lipinski definition) is 2. The minimum absolute atomic E-state index is 0.0515. The second-order valence-electron chi connectivity index (χ2n) is 3.08. The summed E-state index contributed by atoms with van der Waals surface area (Å²) < 4.78 is 6.03. The van der Waals surface area contributed by atoms with Crippen LogP contribution < -0.4 is 4.74 Å². The van der Waals surface area contributed by atoms with Crippen molar-refractivity contribution in [2.24, 2.45) is 0 Å². The largest absolute Gasteiger partial charge is 0.496 e. The standard InChI is InChI=1S/C11H12Br2O2/c1-3-9(13)11(14)8-6-7(12)4-5-10(8)15-2/h4-6,9H,3H2,1-2H3. The number of Topliss-reactive ketones (excluding diaryl/α,β-unsaturated/α-hetero) is 1. The minimum atomic E-state index is -0.152. The molecule has 1 rings (SSSR count). The second-order valence-corrected chi connectivity index (χ2v) is 5.11. The van der Waals surface area contributed by atoms with Gasteiger partial charge in [0.1, 0.15) is 5.75 Å². The number of carbonyl (C=O) groups excluding carboxylic acids is 1. The van der Waals surface area contributed by atoms with Gasteiger partial charge in [0, 0.05) is 4.47 Å². The van der Waals surface area contributed by atoms with Crippen LogP contribution in [0.5, 0.6) is 5.75 Å². The molecule has 1 aromatic carbocycles. The quantitative estimate of drug-likeness (QED) is 0.617. The molecule has 0 saturated heterocycles. The van der Waals surface area contributed by atoms with Gasteiger partial charge >= 0.3 is 0 Å². The molecular weight excluding hydrogens is 324 g/mol. The fraction of sp³-hybridized carbons (Fsp3) is 0.364. The molecule has 0 aliphatic carbocycles. The smallest absolute Gasteiger partial charge is 0.180 e. The molecular formula is C11H12Br2O2. The molecule has 0 aliphatic heterocycles. The molecule has 0 spiro atoms. The van der Waals surface area contributed by atoms with Gasteiger partial charge in [-0.05, 0) is 24.6 Å². The summed E-state index contributed by atoms with van der Waals surface area (Å²) >= 11 is 6.69. The van der Waals surface area contributed by atoms with Crippen LogP contribution in [0.25, 0.3) is 0 Å². The molecule has 0 aromatic heterocycles. The van der Waals surface area contributed by atoms with Gasteiger partial charge in [0.25, 0.3) is 0 Å². The molecule has 0 amide bonds. The fourth-order valence-electron chi connectivity index (χ4n) is 1.23. The Balaban J connectivity index is 3.11. The van der Waals surface area contributed by atoms with E-state index in [1.165, 1.54) is 0 Å².